The first kappa shape index (κ1) is 14.7. The minimum Gasteiger partial charge on any atom is -0.508 e. The average molecular weight is 279 g/mol. The van der Waals surface area contributed by atoms with E-state index in [4.69, 9.17) is 0 Å². The number of aromatic hydroxyl groups is 1. The molecule has 0 spiro atoms. The molecule has 18 heavy (non-hydrogen) atoms. The predicted molar refractivity (Wildman–Crippen MR) is 63.3 cm³/mol. The number of phenols is 1. The molecule has 2 N–H and O–H groups in total. The standard InChI is InChI=1S/C11H12F3NO2S/c12-11(13,14)18-6-5-15-10(17)7-8-3-1-2-4-9(8)16/h1-4,16H,5-7H2,(H,15,17). The Morgan fingerprint density at radius 3 is 2.61 bits per heavy atom. The lowest BCUT2D eigenvalue weighted by Crippen LogP contribution is -2.27. The zero-order chi connectivity index (χ0) is 13.6. The van der Waals surface area contributed by atoms with E-state index in [1.54, 1.807) is 18.2 Å². The molecule has 0 heterocycles. The Kier molecular flexibility index (Phi) is 5.33. The van der Waals surface area contributed by atoms with Crippen LogP contribution < -0.4 is 5.32 Å². The zero-order valence-electron chi connectivity index (χ0n) is 9.33. The maximum Gasteiger partial charge on any atom is 0.441 e. The van der Waals surface area contributed by atoms with Crippen LogP contribution >= 0.6 is 11.8 Å². The maximum absolute atomic E-state index is 11.8. The molecule has 0 bridgehead atoms. The number of hydrogen-bond donors (Lipinski definition) is 2. The SMILES string of the molecule is O=C(Cc1ccccc1O)NCCSC(F)(F)F. The van der Waals surface area contributed by atoms with Gasteiger partial charge in [-0.2, -0.15) is 13.2 Å². The van der Waals surface area contributed by atoms with Gasteiger partial charge in [0.25, 0.3) is 0 Å². The molecule has 1 amide bonds. The van der Waals surface area contributed by atoms with Gasteiger partial charge in [0.15, 0.2) is 0 Å². The van der Waals surface area contributed by atoms with E-state index in [-0.39, 0.29) is 36.2 Å². The highest BCUT2D eigenvalue weighted by Crippen LogP contribution is 2.29. The molecule has 0 radical (unpaired) electrons. The van der Waals surface area contributed by atoms with E-state index < -0.39 is 11.4 Å². The van der Waals surface area contributed by atoms with Crippen molar-refractivity contribution in [3.05, 3.63) is 29.8 Å². The van der Waals surface area contributed by atoms with Crippen molar-refractivity contribution in [1.82, 2.24) is 5.32 Å². The van der Waals surface area contributed by atoms with Crippen molar-refractivity contribution < 1.29 is 23.1 Å². The van der Waals surface area contributed by atoms with Gasteiger partial charge in [-0.3, -0.25) is 4.79 Å². The van der Waals surface area contributed by atoms with Crippen molar-refractivity contribution in [2.45, 2.75) is 11.9 Å². The average Bonchev–Trinajstić information content (AvgIpc) is 2.26. The molecule has 0 saturated heterocycles. The van der Waals surface area contributed by atoms with E-state index in [1.165, 1.54) is 6.07 Å². The Morgan fingerprint density at radius 2 is 2.00 bits per heavy atom. The summed E-state index contributed by atoms with van der Waals surface area (Å²) in [4.78, 5) is 11.4. The number of phenolic OH excluding ortho intramolecular Hbond substituents is 1. The number of alkyl halides is 3. The topological polar surface area (TPSA) is 49.3 Å². The number of carbonyl (C=O) groups is 1. The van der Waals surface area contributed by atoms with Gasteiger partial charge in [-0.05, 0) is 17.8 Å². The van der Waals surface area contributed by atoms with Crippen LogP contribution in [0.5, 0.6) is 5.75 Å². The van der Waals surface area contributed by atoms with Gasteiger partial charge in [0.1, 0.15) is 5.75 Å². The molecule has 0 aliphatic carbocycles. The highest BCUT2D eigenvalue weighted by atomic mass is 32.2. The number of amides is 1. The number of para-hydroxylation sites is 1. The lowest BCUT2D eigenvalue weighted by Gasteiger charge is -2.07. The second-order valence-corrected chi connectivity index (χ2v) is 4.61. The quantitative estimate of drug-likeness (QED) is 0.813. The van der Waals surface area contributed by atoms with E-state index in [0.29, 0.717) is 5.56 Å². The highest BCUT2D eigenvalue weighted by molar-refractivity contribution is 8.00. The van der Waals surface area contributed by atoms with Gasteiger partial charge < -0.3 is 10.4 Å². The van der Waals surface area contributed by atoms with Crippen LogP contribution in [0.25, 0.3) is 0 Å². The van der Waals surface area contributed by atoms with Crippen LogP contribution in [0.4, 0.5) is 13.2 Å². The maximum atomic E-state index is 11.8. The molecule has 0 aliphatic rings. The number of hydrogen-bond acceptors (Lipinski definition) is 3. The minimum absolute atomic E-state index is 0.00248. The van der Waals surface area contributed by atoms with Crippen LogP contribution in [-0.4, -0.2) is 28.8 Å². The molecular formula is C11H12F3NO2S. The van der Waals surface area contributed by atoms with E-state index >= 15 is 0 Å². The molecule has 0 unspecified atom stereocenters. The first-order valence-electron chi connectivity index (χ1n) is 5.13. The van der Waals surface area contributed by atoms with Gasteiger partial charge in [0.05, 0.1) is 6.42 Å². The molecule has 1 rings (SSSR count). The van der Waals surface area contributed by atoms with Crippen molar-refractivity contribution in [3.63, 3.8) is 0 Å². The highest BCUT2D eigenvalue weighted by Gasteiger charge is 2.27. The third kappa shape index (κ3) is 5.81. The molecule has 7 heteroatoms. The van der Waals surface area contributed by atoms with E-state index in [1.807, 2.05) is 0 Å². The fourth-order valence-corrected chi connectivity index (χ4v) is 1.69. The molecular weight excluding hydrogens is 267 g/mol. The number of thioether (sulfide) groups is 1. The Balaban J connectivity index is 2.29. The van der Waals surface area contributed by atoms with Gasteiger partial charge in [-0.25, -0.2) is 0 Å². The lowest BCUT2D eigenvalue weighted by atomic mass is 10.1. The van der Waals surface area contributed by atoms with Crippen LogP contribution in [0.3, 0.4) is 0 Å². The van der Waals surface area contributed by atoms with Crippen molar-refractivity contribution in [2.24, 2.45) is 0 Å². The monoisotopic (exact) mass is 279 g/mol. The second kappa shape index (κ2) is 6.53. The van der Waals surface area contributed by atoms with Crippen molar-refractivity contribution in [3.8, 4) is 5.75 Å². The number of rotatable bonds is 5. The Hall–Kier alpha value is -1.37. The van der Waals surface area contributed by atoms with Crippen LogP contribution in [-0.2, 0) is 11.2 Å². The molecule has 0 atom stereocenters. The van der Waals surface area contributed by atoms with Crippen molar-refractivity contribution in [1.29, 1.82) is 0 Å². The Labute approximate surface area is 106 Å². The van der Waals surface area contributed by atoms with Crippen LogP contribution in [0.15, 0.2) is 24.3 Å². The molecule has 1 aromatic rings. The third-order valence-electron chi connectivity index (χ3n) is 2.03. The van der Waals surface area contributed by atoms with Gasteiger partial charge in [-0.1, -0.05) is 18.2 Å². The molecule has 0 aromatic heterocycles. The van der Waals surface area contributed by atoms with E-state index in [0.717, 1.165) is 0 Å². The summed E-state index contributed by atoms with van der Waals surface area (Å²) in [6, 6.07) is 6.32. The summed E-state index contributed by atoms with van der Waals surface area (Å²) in [6.07, 6.45) is -0.0522. The minimum atomic E-state index is -4.28. The normalized spacial score (nSPS) is 11.3. The van der Waals surface area contributed by atoms with Crippen LogP contribution in [0.1, 0.15) is 5.56 Å². The molecule has 0 aliphatic heterocycles. The number of halogens is 3. The Morgan fingerprint density at radius 1 is 1.33 bits per heavy atom. The molecule has 100 valence electrons. The smallest absolute Gasteiger partial charge is 0.441 e. The van der Waals surface area contributed by atoms with Crippen molar-refractivity contribution >= 4 is 17.7 Å². The number of benzene rings is 1. The second-order valence-electron chi connectivity index (χ2n) is 3.45. The van der Waals surface area contributed by atoms with E-state index in [2.05, 4.69) is 5.32 Å². The summed E-state index contributed by atoms with van der Waals surface area (Å²) in [6.45, 7) is -0.0589. The fourth-order valence-electron chi connectivity index (χ4n) is 1.25. The lowest BCUT2D eigenvalue weighted by molar-refractivity contribution is -0.120. The molecule has 0 saturated carbocycles. The summed E-state index contributed by atoms with van der Waals surface area (Å²) in [5.74, 6) is -0.646. The van der Waals surface area contributed by atoms with Gasteiger partial charge >= 0.3 is 5.51 Å². The third-order valence-corrected chi connectivity index (χ3v) is 2.77. The molecule has 1 aromatic carbocycles. The summed E-state index contributed by atoms with van der Waals surface area (Å²) in [5.41, 5.74) is -3.83. The van der Waals surface area contributed by atoms with Gasteiger partial charge in [0.2, 0.25) is 5.91 Å². The predicted octanol–water partition coefficient (Wildman–Crippen LogP) is 2.30. The molecule has 0 fully saturated rings. The van der Waals surface area contributed by atoms with Crippen molar-refractivity contribution in [2.75, 3.05) is 12.3 Å². The van der Waals surface area contributed by atoms with Gasteiger partial charge in [-0.15, -0.1) is 0 Å². The summed E-state index contributed by atoms with van der Waals surface area (Å²) in [5, 5.41) is 11.8. The fraction of sp³-hybridized carbons (Fsp3) is 0.364. The summed E-state index contributed by atoms with van der Waals surface area (Å²) in [7, 11) is 0. The summed E-state index contributed by atoms with van der Waals surface area (Å²) < 4.78 is 35.4. The number of nitrogens with one attached hydrogen (secondary N) is 1. The summed E-state index contributed by atoms with van der Waals surface area (Å²) >= 11 is -0.179. The van der Waals surface area contributed by atoms with Gasteiger partial charge in [0, 0.05) is 17.9 Å². The number of carbonyl (C=O) groups excluding carboxylic acids is 1. The Bertz CT molecular complexity index is 410. The van der Waals surface area contributed by atoms with Crippen LogP contribution in [0, 0.1) is 0 Å². The largest absolute Gasteiger partial charge is 0.508 e. The van der Waals surface area contributed by atoms with E-state index in [9.17, 15) is 23.1 Å². The first-order valence-corrected chi connectivity index (χ1v) is 6.11. The zero-order valence-corrected chi connectivity index (χ0v) is 10.1. The van der Waals surface area contributed by atoms with Crippen LogP contribution in [0.2, 0.25) is 0 Å². The first-order chi connectivity index (χ1) is 8.38. The molecule has 3 nitrogen and oxygen atoms in total.